The lowest BCUT2D eigenvalue weighted by Crippen LogP contribution is -2.02. The van der Waals surface area contributed by atoms with Crippen LogP contribution in [0.15, 0.2) is 12.4 Å². The fourth-order valence-corrected chi connectivity index (χ4v) is 2.07. The zero-order chi connectivity index (χ0) is 13.4. The van der Waals surface area contributed by atoms with Crippen molar-refractivity contribution in [1.82, 2.24) is 19.9 Å². The highest BCUT2D eigenvalue weighted by Gasteiger charge is 2.29. The van der Waals surface area contributed by atoms with E-state index in [1.165, 1.54) is 0 Å². The number of rotatable bonds is 3. The van der Waals surface area contributed by atoms with E-state index in [0.29, 0.717) is 28.3 Å². The predicted octanol–water partition coefficient (Wildman–Crippen LogP) is 2.78. The fraction of sp³-hybridized carbons (Fsp3) is 0.385. The summed E-state index contributed by atoms with van der Waals surface area (Å²) in [6, 6.07) is 0. The quantitative estimate of drug-likeness (QED) is 0.807. The summed E-state index contributed by atoms with van der Waals surface area (Å²) in [6.07, 6.45) is 5.44. The Balaban J connectivity index is 2.17. The third kappa shape index (κ3) is 2.26. The maximum atomic E-state index is 6.20. The first-order chi connectivity index (χ1) is 9.20. The van der Waals surface area contributed by atoms with Gasteiger partial charge >= 0.3 is 0 Å². The van der Waals surface area contributed by atoms with Crippen molar-refractivity contribution in [2.24, 2.45) is 0 Å². The lowest BCUT2D eigenvalue weighted by Gasteiger charge is -2.10. The summed E-state index contributed by atoms with van der Waals surface area (Å²) in [5, 5.41) is 0.472. The zero-order valence-electron chi connectivity index (χ0n) is 10.7. The van der Waals surface area contributed by atoms with Gasteiger partial charge in [0.25, 0.3) is 0 Å². The van der Waals surface area contributed by atoms with E-state index >= 15 is 0 Å². The van der Waals surface area contributed by atoms with Crippen LogP contribution in [0.3, 0.4) is 0 Å². The first-order valence-corrected chi connectivity index (χ1v) is 6.48. The largest absolute Gasteiger partial charge is 0.479 e. The second-order valence-corrected chi connectivity index (χ2v) is 4.89. The van der Waals surface area contributed by atoms with Crippen molar-refractivity contribution in [3.05, 3.63) is 28.9 Å². The number of hydrogen-bond acceptors (Lipinski definition) is 5. The van der Waals surface area contributed by atoms with Crippen LogP contribution in [-0.2, 0) is 0 Å². The Labute approximate surface area is 116 Å². The molecule has 0 radical (unpaired) electrons. The highest BCUT2D eigenvalue weighted by molar-refractivity contribution is 6.30. The number of methoxy groups -OCH3 is 1. The van der Waals surface area contributed by atoms with Crippen molar-refractivity contribution in [3.8, 4) is 17.3 Å². The molecule has 2 heterocycles. The lowest BCUT2D eigenvalue weighted by atomic mass is 10.2. The Morgan fingerprint density at radius 3 is 2.58 bits per heavy atom. The van der Waals surface area contributed by atoms with E-state index in [0.717, 1.165) is 24.2 Å². The Hall–Kier alpha value is -1.75. The molecule has 0 aliphatic heterocycles. The van der Waals surface area contributed by atoms with Gasteiger partial charge in [0.2, 0.25) is 5.88 Å². The van der Waals surface area contributed by atoms with Crippen molar-refractivity contribution in [1.29, 1.82) is 0 Å². The van der Waals surface area contributed by atoms with Crippen LogP contribution in [0.4, 0.5) is 0 Å². The van der Waals surface area contributed by atoms with Gasteiger partial charge in [0.1, 0.15) is 16.7 Å². The first-order valence-electron chi connectivity index (χ1n) is 6.10. The van der Waals surface area contributed by atoms with E-state index in [9.17, 15) is 0 Å². The first kappa shape index (κ1) is 12.3. The van der Waals surface area contributed by atoms with Gasteiger partial charge in [-0.05, 0) is 19.8 Å². The molecule has 1 saturated carbocycles. The van der Waals surface area contributed by atoms with Gasteiger partial charge in [0, 0.05) is 23.9 Å². The van der Waals surface area contributed by atoms with Crippen LogP contribution in [0.5, 0.6) is 5.88 Å². The van der Waals surface area contributed by atoms with Crippen LogP contribution in [0.2, 0.25) is 5.15 Å². The Bertz CT molecular complexity index is 628. The lowest BCUT2D eigenvalue weighted by molar-refractivity contribution is 0.397. The second kappa shape index (κ2) is 4.74. The summed E-state index contributed by atoms with van der Waals surface area (Å²) < 4.78 is 5.23. The molecule has 0 aromatic carbocycles. The monoisotopic (exact) mass is 276 g/mol. The molecule has 1 fully saturated rings. The maximum absolute atomic E-state index is 6.20. The Morgan fingerprint density at radius 2 is 1.89 bits per heavy atom. The Kier molecular flexibility index (Phi) is 3.06. The number of nitrogens with zero attached hydrogens (tertiary/aromatic N) is 4. The van der Waals surface area contributed by atoms with Gasteiger partial charge in [-0.25, -0.2) is 19.9 Å². The van der Waals surface area contributed by atoms with E-state index in [1.54, 1.807) is 19.5 Å². The van der Waals surface area contributed by atoms with E-state index < -0.39 is 0 Å². The summed E-state index contributed by atoms with van der Waals surface area (Å²) in [4.78, 5) is 17.4. The molecule has 6 heteroatoms. The average molecular weight is 277 g/mol. The number of hydrogen-bond donors (Lipinski definition) is 0. The molecule has 1 aliphatic rings. The minimum atomic E-state index is 0.430. The highest BCUT2D eigenvalue weighted by Crippen LogP contribution is 2.40. The van der Waals surface area contributed by atoms with E-state index in [2.05, 4.69) is 19.9 Å². The van der Waals surface area contributed by atoms with E-state index in [4.69, 9.17) is 16.3 Å². The molecule has 5 nitrogen and oxygen atoms in total. The van der Waals surface area contributed by atoms with E-state index in [-0.39, 0.29) is 0 Å². The van der Waals surface area contributed by atoms with Crippen molar-refractivity contribution >= 4 is 11.6 Å². The van der Waals surface area contributed by atoms with Gasteiger partial charge in [0.05, 0.1) is 7.11 Å². The van der Waals surface area contributed by atoms with Gasteiger partial charge in [-0.15, -0.1) is 0 Å². The molecule has 0 atom stereocenters. The summed E-state index contributed by atoms with van der Waals surface area (Å²) in [6.45, 7) is 1.88. The molecule has 0 N–H and O–H groups in total. The minimum absolute atomic E-state index is 0.430. The average Bonchev–Trinajstić information content (AvgIpc) is 3.26. The van der Waals surface area contributed by atoms with Crippen LogP contribution in [0.1, 0.15) is 30.1 Å². The number of ether oxygens (including phenoxy) is 1. The highest BCUT2D eigenvalue weighted by atomic mass is 35.5. The van der Waals surface area contributed by atoms with Gasteiger partial charge in [-0.1, -0.05) is 11.6 Å². The fourth-order valence-electron chi connectivity index (χ4n) is 1.90. The van der Waals surface area contributed by atoms with E-state index in [1.807, 2.05) is 6.92 Å². The number of halogens is 1. The molecule has 1 aliphatic carbocycles. The van der Waals surface area contributed by atoms with Crippen molar-refractivity contribution in [2.45, 2.75) is 25.7 Å². The zero-order valence-corrected chi connectivity index (χ0v) is 11.5. The molecule has 3 rings (SSSR count). The smallest absolute Gasteiger partial charge is 0.241 e. The van der Waals surface area contributed by atoms with Crippen molar-refractivity contribution < 1.29 is 4.74 Å². The maximum Gasteiger partial charge on any atom is 0.241 e. The standard InChI is InChI=1S/C13H13ClN4O/c1-7-9(10-13(19-2)16-6-5-15-10)17-12(8-3-4-8)18-11(7)14/h5-6,8H,3-4H2,1-2H3. The van der Waals surface area contributed by atoms with Crippen LogP contribution in [-0.4, -0.2) is 27.0 Å². The minimum Gasteiger partial charge on any atom is -0.479 e. The third-order valence-corrected chi connectivity index (χ3v) is 3.50. The molecule has 0 saturated heterocycles. The molecular formula is C13H13ClN4O. The summed E-state index contributed by atoms with van der Waals surface area (Å²) in [5.74, 6) is 1.67. The van der Waals surface area contributed by atoms with Crippen LogP contribution < -0.4 is 4.74 Å². The van der Waals surface area contributed by atoms with Gasteiger partial charge in [0.15, 0.2) is 5.69 Å². The molecule has 98 valence electrons. The van der Waals surface area contributed by atoms with Crippen LogP contribution in [0, 0.1) is 6.92 Å². The van der Waals surface area contributed by atoms with Gasteiger partial charge in [-0.2, -0.15) is 0 Å². The molecular weight excluding hydrogens is 264 g/mol. The third-order valence-electron chi connectivity index (χ3n) is 3.13. The van der Waals surface area contributed by atoms with Crippen LogP contribution in [0.25, 0.3) is 11.4 Å². The molecule has 2 aromatic rings. The predicted molar refractivity (Wildman–Crippen MR) is 71.3 cm³/mol. The van der Waals surface area contributed by atoms with Crippen molar-refractivity contribution in [3.63, 3.8) is 0 Å². The molecule has 19 heavy (non-hydrogen) atoms. The molecule has 0 bridgehead atoms. The molecule has 0 amide bonds. The van der Waals surface area contributed by atoms with Crippen molar-refractivity contribution in [2.75, 3.05) is 7.11 Å². The normalized spacial score (nSPS) is 14.5. The summed E-state index contributed by atoms with van der Waals surface area (Å²) >= 11 is 6.20. The SMILES string of the molecule is COc1nccnc1-c1nc(C2CC2)nc(Cl)c1C. The van der Waals surface area contributed by atoms with Gasteiger partial charge in [-0.3, -0.25) is 0 Å². The topological polar surface area (TPSA) is 60.8 Å². The number of aromatic nitrogens is 4. The summed E-state index contributed by atoms with van der Waals surface area (Å²) in [7, 11) is 1.56. The molecule has 2 aromatic heterocycles. The summed E-state index contributed by atoms with van der Waals surface area (Å²) in [5.41, 5.74) is 2.10. The molecule has 0 spiro atoms. The van der Waals surface area contributed by atoms with Gasteiger partial charge < -0.3 is 4.74 Å². The Morgan fingerprint density at radius 1 is 1.16 bits per heavy atom. The molecule has 0 unspecified atom stereocenters. The van der Waals surface area contributed by atoms with Crippen LogP contribution >= 0.6 is 11.6 Å². The second-order valence-electron chi connectivity index (χ2n) is 4.53.